The molecule has 1 fully saturated rings. The van der Waals surface area contributed by atoms with E-state index in [9.17, 15) is 19.2 Å². The van der Waals surface area contributed by atoms with Crippen molar-refractivity contribution < 1.29 is 19.2 Å². The Morgan fingerprint density at radius 3 is 2.52 bits per heavy atom. The number of imide groups is 2. The molecule has 7 nitrogen and oxygen atoms in total. The van der Waals surface area contributed by atoms with Crippen molar-refractivity contribution in [3.05, 3.63) is 34.9 Å². The highest BCUT2D eigenvalue weighted by atomic mass is 35.5. The molecule has 0 aliphatic carbocycles. The Bertz CT molecular complexity index is 733. The second-order valence-electron chi connectivity index (χ2n) is 5.64. The van der Waals surface area contributed by atoms with Crippen molar-refractivity contribution in [1.29, 1.82) is 0 Å². The van der Waals surface area contributed by atoms with Crippen LogP contribution in [0.2, 0.25) is 0 Å². The highest BCUT2D eigenvalue weighted by molar-refractivity contribution is 6.24. The fraction of sp³-hybridized carbons (Fsp3) is 0.333. The highest BCUT2D eigenvalue weighted by Crippen LogP contribution is 2.35. The molecule has 4 amide bonds. The average molecular weight is 338 g/mol. The third-order valence-corrected chi connectivity index (χ3v) is 4.30. The van der Waals surface area contributed by atoms with Gasteiger partial charge in [-0.25, -0.2) is 0 Å². The van der Waals surface area contributed by atoms with Crippen molar-refractivity contribution in [1.82, 2.24) is 10.2 Å². The first kappa shape index (κ1) is 17.1. The quantitative estimate of drug-likeness (QED) is 0.757. The van der Waals surface area contributed by atoms with E-state index in [1.807, 2.05) is 0 Å². The maximum absolute atomic E-state index is 12.7. The van der Waals surface area contributed by atoms with Gasteiger partial charge in [0.15, 0.2) is 0 Å². The Hall–Kier alpha value is -2.25. The standard InChI is InChI=1S/C15H15N3O4.ClH/c1-15(6-5-10(19)17-14(15)22)18-12(20)9-4-2-3-8(7-16)11(9)13(18)21;/h2-4H,5-7,16H2,1H3,(H,17,19,22);1H/t15-;/m0./s1. The van der Waals surface area contributed by atoms with Crippen LogP contribution in [0.3, 0.4) is 0 Å². The van der Waals surface area contributed by atoms with Crippen molar-refractivity contribution in [3.8, 4) is 0 Å². The molecule has 3 rings (SSSR count). The summed E-state index contributed by atoms with van der Waals surface area (Å²) >= 11 is 0. The van der Waals surface area contributed by atoms with Gasteiger partial charge in [-0.3, -0.25) is 29.4 Å². The van der Waals surface area contributed by atoms with Crippen LogP contribution in [0.4, 0.5) is 0 Å². The van der Waals surface area contributed by atoms with Crippen LogP contribution in [-0.2, 0) is 16.1 Å². The van der Waals surface area contributed by atoms with Gasteiger partial charge in [-0.1, -0.05) is 12.1 Å². The Balaban J connectivity index is 0.00000192. The minimum Gasteiger partial charge on any atom is -0.326 e. The van der Waals surface area contributed by atoms with Crippen molar-refractivity contribution in [2.45, 2.75) is 31.8 Å². The third-order valence-electron chi connectivity index (χ3n) is 4.30. The molecule has 0 spiro atoms. The average Bonchev–Trinajstić information content (AvgIpc) is 2.76. The number of rotatable bonds is 2. The molecule has 2 aliphatic heterocycles. The van der Waals surface area contributed by atoms with Crippen LogP contribution in [0.5, 0.6) is 0 Å². The number of nitrogens with one attached hydrogen (secondary N) is 1. The summed E-state index contributed by atoms with van der Waals surface area (Å²) in [5.74, 6) is -2.09. The Labute approximate surface area is 138 Å². The molecule has 1 aromatic rings. The first-order valence-corrected chi connectivity index (χ1v) is 6.95. The predicted octanol–water partition coefficient (Wildman–Crippen LogP) is 0.358. The second kappa shape index (κ2) is 5.75. The highest BCUT2D eigenvalue weighted by Gasteiger charge is 2.52. The molecule has 3 N–H and O–H groups in total. The maximum Gasteiger partial charge on any atom is 0.262 e. The van der Waals surface area contributed by atoms with Gasteiger partial charge < -0.3 is 5.73 Å². The maximum atomic E-state index is 12.7. The summed E-state index contributed by atoms with van der Waals surface area (Å²) in [6.45, 7) is 1.62. The molecule has 0 bridgehead atoms. The van der Waals surface area contributed by atoms with Gasteiger partial charge in [0, 0.05) is 13.0 Å². The fourth-order valence-electron chi connectivity index (χ4n) is 2.98. The molecular formula is C15H16ClN3O4. The molecule has 1 atom stereocenters. The Kier molecular flexibility index (Phi) is 4.28. The number of carbonyl (C=O) groups excluding carboxylic acids is 4. The largest absolute Gasteiger partial charge is 0.326 e. The molecule has 1 saturated heterocycles. The Morgan fingerprint density at radius 2 is 1.91 bits per heavy atom. The zero-order chi connectivity index (χ0) is 16.1. The summed E-state index contributed by atoms with van der Waals surface area (Å²) < 4.78 is 0. The number of halogens is 1. The van der Waals surface area contributed by atoms with E-state index >= 15 is 0 Å². The predicted molar refractivity (Wildman–Crippen MR) is 82.9 cm³/mol. The summed E-state index contributed by atoms with van der Waals surface area (Å²) in [6, 6.07) is 4.88. The number of amides is 4. The van der Waals surface area contributed by atoms with Crippen LogP contribution in [0.1, 0.15) is 46.0 Å². The van der Waals surface area contributed by atoms with E-state index in [4.69, 9.17) is 5.73 Å². The summed E-state index contributed by atoms with van der Waals surface area (Å²) in [4.78, 5) is 49.8. The number of hydrogen-bond donors (Lipinski definition) is 2. The van der Waals surface area contributed by atoms with E-state index in [0.29, 0.717) is 5.56 Å². The van der Waals surface area contributed by atoms with Crippen molar-refractivity contribution in [2.24, 2.45) is 5.73 Å². The smallest absolute Gasteiger partial charge is 0.262 e. The minimum absolute atomic E-state index is 0. The van der Waals surface area contributed by atoms with Gasteiger partial charge in [-0.15, -0.1) is 12.4 Å². The van der Waals surface area contributed by atoms with Gasteiger partial charge in [0.05, 0.1) is 11.1 Å². The normalized spacial score (nSPS) is 23.5. The lowest BCUT2D eigenvalue weighted by Crippen LogP contribution is -2.62. The molecule has 1 aromatic carbocycles. The van der Waals surface area contributed by atoms with Crippen LogP contribution >= 0.6 is 12.4 Å². The van der Waals surface area contributed by atoms with Crippen LogP contribution in [0, 0.1) is 0 Å². The first-order chi connectivity index (χ1) is 10.4. The number of piperidine rings is 1. The van der Waals surface area contributed by atoms with Crippen LogP contribution in [-0.4, -0.2) is 34.1 Å². The van der Waals surface area contributed by atoms with E-state index < -0.39 is 29.2 Å². The van der Waals surface area contributed by atoms with Gasteiger partial charge in [0.1, 0.15) is 5.54 Å². The zero-order valence-electron chi connectivity index (χ0n) is 12.4. The first-order valence-electron chi connectivity index (χ1n) is 6.95. The fourth-order valence-corrected chi connectivity index (χ4v) is 2.98. The van der Waals surface area contributed by atoms with Crippen LogP contribution in [0.15, 0.2) is 18.2 Å². The molecule has 0 radical (unpaired) electrons. The lowest BCUT2D eigenvalue weighted by Gasteiger charge is -2.38. The number of nitrogens with two attached hydrogens (primary N) is 1. The zero-order valence-corrected chi connectivity index (χ0v) is 13.2. The molecule has 122 valence electrons. The van der Waals surface area contributed by atoms with Crippen LogP contribution in [0.25, 0.3) is 0 Å². The van der Waals surface area contributed by atoms with Gasteiger partial charge in [0.2, 0.25) is 5.91 Å². The number of fused-ring (bicyclic) bond motifs is 1. The number of carbonyl (C=O) groups is 4. The lowest BCUT2D eigenvalue weighted by molar-refractivity contribution is -0.140. The summed E-state index contributed by atoms with van der Waals surface area (Å²) in [6.07, 6.45) is 0.195. The van der Waals surface area contributed by atoms with Crippen molar-refractivity contribution in [3.63, 3.8) is 0 Å². The minimum atomic E-state index is -1.37. The van der Waals surface area contributed by atoms with E-state index in [1.54, 1.807) is 18.2 Å². The van der Waals surface area contributed by atoms with E-state index in [2.05, 4.69) is 5.32 Å². The molecule has 2 aliphatic rings. The second-order valence-corrected chi connectivity index (χ2v) is 5.64. The monoisotopic (exact) mass is 337 g/mol. The number of nitrogens with zero attached hydrogens (tertiary/aromatic N) is 1. The van der Waals surface area contributed by atoms with Crippen LogP contribution < -0.4 is 11.1 Å². The molecule has 8 heteroatoms. The van der Waals surface area contributed by atoms with Crippen molar-refractivity contribution in [2.75, 3.05) is 0 Å². The number of benzene rings is 1. The molecule has 23 heavy (non-hydrogen) atoms. The third kappa shape index (κ3) is 2.32. The van der Waals surface area contributed by atoms with E-state index in [1.165, 1.54) is 6.92 Å². The SMILES string of the molecule is C[C@]1(N2C(=O)c3cccc(CN)c3C2=O)CCC(=O)NC1=O.Cl. The lowest BCUT2D eigenvalue weighted by atomic mass is 9.89. The summed E-state index contributed by atoms with van der Waals surface area (Å²) in [5, 5.41) is 2.19. The Morgan fingerprint density at radius 1 is 1.22 bits per heavy atom. The topological polar surface area (TPSA) is 110 Å². The van der Waals surface area contributed by atoms with Gasteiger partial charge in [-0.2, -0.15) is 0 Å². The van der Waals surface area contributed by atoms with Crippen molar-refractivity contribution >= 4 is 36.0 Å². The summed E-state index contributed by atoms with van der Waals surface area (Å²) in [5.41, 5.74) is 5.32. The molecule has 0 unspecified atom stereocenters. The van der Waals surface area contributed by atoms with Gasteiger partial charge in [-0.05, 0) is 25.0 Å². The molecule has 0 saturated carbocycles. The molecule has 0 aromatic heterocycles. The van der Waals surface area contributed by atoms with E-state index in [0.717, 1.165) is 4.90 Å². The number of hydrogen-bond acceptors (Lipinski definition) is 5. The van der Waals surface area contributed by atoms with Gasteiger partial charge in [0.25, 0.3) is 17.7 Å². The van der Waals surface area contributed by atoms with Gasteiger partial charge >= 0.3 is 0 Å². The molecule has 2 heterocycles. The van der Waals surface area contributed by atoms with E-state index in [-0.39, 0.29) is 42.9 Å². The summed E-state index contributed by atoms with van der Waals surface area (Å²) in [7, 11) is 0. The molecular weight excluding hydrogens is 322 g/mol.